The molecule has 0 radical (unpaired) electrons. The second kappa shape index (κ2) is 5.87. The normalized spacial score (nSPS) is 19.5. The third-order valence-electron chi connectivity index (χ3n) is 3.18. The minimum absolute atomic E-state index is 0.0113. The van der Waals surface area contributed by atoms with E-state index in [1.54, 1.807) is 23.1 Å². The molecule has 1 unspecified atom stereocenters. The highest BCUT2D eigenvalue weighted by Gasteiger charge is 2.27. The summed E-state index contributed by atoms with van der Waals surface area (Å²) in [7, 11) is 0. The zero-order valence-electron chi connectivity index (χ0n) is 10.6. The minimum Gasteiger partial charge on any atom is -0.508 e. The summed E-state index contributed by atoms with van der Waals surface area (Å²) in [5.74, 6) is 0.158. The summed E-state index contributed by atoms with van der Waals surface area (Å²) in [6, 6.07) is 6.76. The van der Waals surface area contributed by atoms with Gasteiger partial charge >= 0.3 is 0 Å². The highest BCUT2D eigenvalue weighted by Crippen LogP contribution is 2.23. The fourth-order valence-corrected chi connectivity index (χ4v) is 2.24. The molecule has 0 spiro atoms. The van der Waals surface area contributed by atoms with Crippen LogP contribution in [0.4, 0.5) is 5.69 Å². The third kappa shape index (κ3) is 2.82. The Hall–Kier alpha value is -1.55. The molecule has 1 heterocycles. The molecule has 0 bridgehead atoms. The molecular formula is C14H19NO3. The predicted molar refractivity (Wildman–Crippen MR) is 69.7 cm³/mol. The van der Waals surface area contributed by atoms with Gasteiger partial charge in [0, 0.05) is 24.9 Å². The van der Waals surface area contributed by atoms with Gasteiger partial charge in [0.2, 0.25) is 0 Å². The molecule has 98 valence electrons. The van der Waals surface area contributed by atoms with E-state index in [-0.39, 0.29) is 17.8 Å². The molecule has 1 aromatic rings. The maximum atomic E-state index is 12.4. The first-order valence-electron chi connectivity index (χ1n) is 6.44. The summed E-state index contributed by atoms with van der Waals surface area (Å²) < 4.78 is 5.52. The van der Waals surface area contributed by atoms with Crippen LogP contribution in [-0.2, 0) is 9.53 Å². The van der Waals surface area contributed by atoms with Crippen LogP contribution >= 0.6 is 0 Å². The van der Waals surface area contributed by atoms with Crippen molar-refractivity contribution in [1.29, 1.82) is 0 Å². The van der Waals surface area contributed by atoms with Crippen LogP contribution in [0.15, 0.2) is 24.3 Å². The van der Waals surface area contributed by atoms with Gasteiger partial charge in [-0.05, 0) is 38.3 Å². The van der Waals surface area contributed by atoms with Crippen molar-refractivity contribution in [3.8, 4) is 5.75 Å². The van der Waals surface area contributed by atoms with Crippen LogP contribution in [0, 0.1) is 0 Å². The number of hydrogen-bond acceptors (Lipinski definition) is 3. The third-order valence-corrected chi connectivity index (χ3v) is 3.18. The van der Waals surface area contributed by atoms with Crippen LogP contribution in [0.3, 0.4) is 0 Å². The van der Waals surface area contributed by atoms with E-state index in [4.69, 9.17) is 4.74 Å². The van der Waals surface area contributed by atoms with E-state index in [2.05, 4.69) is 0 Å². The molecule has 0 aromatic heterocycles. The molecule has 1 aliphatic heterocycles. The van der Waals surface area contributed by atoms with Crippen molar-refractivity contribution in [2.24, 2.45) is 0 Å². The molecule has 1 amide bonds. The van der Waals surface area contributed by atoms with Crippen molar-refractivity contribution < 1.29 is 14.6 Å². The van der Waals surface area contributed by atoms with Crippen LogP contribution in [0.1, 0.15) is 26.2 Å². The number of phenols is 1. The largest absolute Gasteiger partial charge is 0.508 e. The van der Waals surface area contributed by atoms with E-state index in [1.165, 1.54) is 0 Å². The summed E-state index contributed by atoms with van der Waals surface area (Å²) in [5.41, 5.74) is 0.719. The summed E-state index contributed by atoms with van der Waals surface area (Å²) in [4.78, 5) is 14.0. The topological polar surface area (TPSA) is 49.8 Å². The van der Waals surface area contributed by atoms with Gasteiger partial charge in [0.1, 0.15) is 11.9 Å². The van der Waals surface area contributed by atoms with Crippen LogP contribution < -0.4 is 4.90 Å². The molecule has 18 heavy (non-hydrogen) atoms. The van der Waals surface area contributed by atoms with E-state index >= 15 is 0 Å². The average Bonchev–Trinajstić information content (AvgIpc) is 2.40. The quantitative estimate of drug-likeness (QED) is 0.894. The molecular weight excluding hydrogens is 230 g/mol. The fourth-order valence-electron chi connectivity index (χ4n) is 2.24. The first-order chi connectivity index (χ1) is 8.72. The maximum Gasteiger partial charge on any atom is 0.256 e. The molecule has 1 saturated heterocycles. The van der Waals surface area contributed by atoms with Crippen LogP contribution in [0.2, 0.25) is 0 Å². The SMILES string of the molecule is CCN(C(=O)C1CCCCO1)c1cccc(O)c1. The molecule has 1 aliphatic rings. The number of aromatic hydroxyl groups is 1. The lowest BCUT2D eigenvalue weighted by molar-refractivity contribution is -0.132. The first-order valence-corrected chi connectivity index (χ1v) is 6.44. The molecule has 0 saturated carbocycles. The number of nitrogens with zero attached hydrogens (tertiary/aromatic N) is 1. The van der Waals surface area contributed by atoms with Gasteiger partial charge in [-0.2, -0.15) is 0 Å². The Kier molecular flexibility index (Phi) is 4.20. The highest BCUT2D eigenvalue weighted by atomic mass is 16.5. The number of amides is 1. The van der Waals surface area contributed by atoms with Gasteiger partial charge in [0.05, 0.1) is 0 Å². The molecule has 1 N–H and O–H groups in total. The monoisotopic (exact) mass is 249 g/mol. The summed E-state index contributed by atoms with van der Waals surface area (Å²) in [6.45, 7) is 3.15. The standard InChI is InChI=1S/C14H19NO3/c1-2-15(11-6-5-7-12(16)10-11)14(17)13-8-3-4-9-18-13/h5-7,10,13,16H,2-4,8-9H2,1H3. The van der Waals surface area contributed by atoms with Crippen LogP contribution in [-0.4, -0.2) is 30.3 Å². The van der Waals surface area contributed by atoms with Crippen LogP contribution in [0.5, 0.6) is 5.75 Å². The average molecular weight is 249 g/mol. The van der Waals surface area contributed by atoms with Gasteiger partial charge in [-0.1, -0.05) is 6.07 Å². The van der Waals surface area contributed by atoms with E-state index in [1.807, 2.05) is 13.0 Å². The van der Waals surface area contributed by atoms with E-state index in [0.717, 1.165) is 24.9 Å². The predicted octanol–water partition coefficient (Wildman–Crippen LogP) is 2.31. The van der Waals surface area contributed by atoms with Gasteiger partial charge in [-0.25, -0.2) is 0 Å². The first kappa shape index (κ1) is 12.9. The number of rotatable bonds is 3. The Bertz CT molecular complexity index is 413. The highest BCUT2D eigenvalue weighted by molar-refractivity contribution is 5.96. The molecule has 4 nitrogen and oxygen atoms in total. The molecule has 4 heteroatoms. The molecule has 0 aliphatic carbocycles. The van der Waals surface area contributed by atoms with E-state index in [9.17, 15) is 9.90 Å². The van der Waals surface area contributed by atoms with Gasteiger partial charge in [0.25, 0.3) is 5.91 Å². The number of anilines is 1. The Morgan fingerprint density at radius 1 is 1.50 bits per heavy atom. The van der Waals surface area contributed by atoms with Crippen molar-refractivity contribution in [3.05, 3.63) is 24.3 Å². The molecule has 1 aromatic carbocycles. The molecule has 1 fully saturated rings. The van der Waals surface area contributed by atoms with Crippen molar-refractivity contribution >= 4 is 11.6 Å². The summed E-state index contributed by atoms with van der Waals surface area (Å²) in [5, 5.41) is 9.48. The fraction of sp³-hybridized carbons (Fsp3) is 0.500. The Balaban J connectivity index is 2.14. The molecule has 2 rings (SSSR count). The van der Waals surface area contributed by atoms with Gasteiger partial charge in [0.15, 0.2) is 0 Å². The number of carbonyl (C=O) groups is 1. The molecule has 1 atom stereocenters. The maximum absolute atomic E-state index is 12.4. The Morgan fingerprint density at radius 3 is 2.94 bits per heavy atom. The Labute approximate surface area is 107 Å². The van der Waals surface area contributed by atoms with E-state index in [0.29, 0.717) is 13.2 Å². The Morgan fingerprint density at radius 2 is 2.33 bits per heavy atom. The van der Waals surface area contributed by atoms with Crippen molar-refractivity contribution in [1.82, 2.24) is 0 Å². The van der Waals surface area contributed by atoms with Crippen molar-refractivity contribution in [2.75, 3.05) is 18.1 Å². The van der Waals surface area contributed by atoms with Gasteiger partial charge in [-0.15, -0.1) is 0 Å². The number of hydrogen-bond donors (Lipinski definition) is 1. The van der Waals surface area contributed by atoms with Gasteiger partial charge < -0.3 is 14.7 Å². The summed E-state index contributed by atoms with van der Waals surface area (Å²) >= 11 is 0. The van der Waals surface area contributed by atoms with Gasteiger partial charge in [-0.3, -0.25) is 4.79 Å². The number of carbonyl (C=O) groups excluding carboxylic acids is 1. The lowest BCUT2D eigenvalue weighted by atomic mass is 10.1. The number of benzene rings is 1. The summed E-state index contributed by atoms with van der Waals surface area (Å²) in [6.07, 6.45) is 2.52. The number of likely N-dealkylation sites (N-methyl/N-ethyl adjacent to an activating group) is 1. The van der Waals surface area contributed by atoms with Crippen molar-refractivity contribution in [2.45, 2.75) is 32.3 Å². The minimum atomic E-state index is -0.332. The zero-order valence-corrected chi connectivity index (χ0v) is 10.6. The zero-order chi connectivity index (χ0) is 13.0. The number of phenolic OH excluding ortho intramolecular Hbond substituents is 1. The lowest BCUT2D eigenvalue weighted by Gasteiger charge is -2.28. The number of ether oxygens (including phenoxy) is 1. The second-order valence-corrected chi connectivity index (χ2v) is 4.46. The lowest BCUT2D eigenvalue weighted by Crippen LogP contribution is -2.42. The smallest absolute Gasteiger partial charge is 0.256 e. The van der Waals surface area contributed by atoms with E-state index < -0.39 is 0 Å². The van der Waals surface area contributed by atoms with Crippen molar-refractivity contribution in [3.63, 3.8) is 0 Å². The van der Waals surface area contributed by atoms with Crippen LogP contribution in [0.25, 0.3) is 0 Å². The second-order valence-electron chi connectivity index (χ2n) is 4.46.